The lowest BCUT2D eigenvalue weighted by molar-refractivity contribution is 0.310. The first-order valence-corrected chi connectivity index (χ1v) is 8.26. The maximum atomic E-state index is 13.3. The zero-order valence-electron chi connectivity index (χ0n) is 12.4. The smallest absolute Gasteiger partial charge is 0.270 e. The van der Waals surface area contributed by atoms with Crippen LogP contribution in [0.2, 0.25) is 0 Å². The summed E-state index contributed by atoms with van der Waals surface area (Å²) in [5.41, 5.74) is 0. The van der Waals surface area contributed by atoms with E-state index >= 15 is 0 Å². The molecule has 0 rings (SSSR count). The van der Waals surface area contributed by atoms with Crippen molar-refractivity contribution in [3.63, 3.8) is 0 Å². The quantitative estimate of drug-likeness (QED) is 0.597. The fourth-order valence-electron chi connectivity index (χ4n) is 2.12. The van der Waals surface area contributed by atoms with Gasteiger partial charge in [0, 0.05) is 19.6 Å². The molecule has 0 amide bonds. The molecule has 0 aromatic heterocycles. The number of rotatable bonds is 9. The lowest BCUT2D eigenvalue weighted by Gasteiger charge is -2.40. The highest BCUT2D eigenvalue weighted by Crippen LogP contribution is 2.53. The molecule has 0 aromatic rings. The van der Waals surface area contributed by atoms with Crippen molar-refractivity contribution >= 4 is 7.59 Å². The van der Waals surface area contributed by atoms with Gasteiger partial charge in [-0.05, 0) is 40.4 Å². The van der Waals surface area contributed by atoms with Crippen LogP contribution in [0.25, 0.3) is 0 Å². The molecule has 104 valence electrons. The van der Waals surface area contributed by atoms with E-state index in [1.807, 2.05) is 30.5 Å². The monoisotopic (exact) mass is 263 g/mol. The average Bonchev–Trinajstić information content (AvgIpc) is 2.27. The Morgan fingerprint density at radius 3 is 1.53 bits per heavy atom. The van der Waals surface area contributed by atoms with Crippen LogP contribution < -0.4 is 0 Å². The van der Waals surface area contributed by atoms with Gasteiger partial charge in [-0.2, -0.15) is 0 Å². The minimum Gasteiger partial charge on any atom is -0.270 e. The van der Waals surface area contributed by atoms with E-state index in [4.69, 9.17) is 0 Å². The van der Waals surface area contributed by atoms with Gasteiger partial charge in [-0.3, -0.25) is 4.57 Å². The largest absolute Gasteiger partial charge is 0.286 e. The van der Waals surface area contributed by atoms with E-state index in [0.717, 1.165) is 38.9 Å². The fraction of sp³-hybridized carbons (Fsp3) is 1.00. The zero-order chi connectivity index (χ0) is 13.5. The lowest BCUT2D eigenvalue weighted by Crippen LogP contribution is -2.37. The van der Waals surface area contributed by atoms with Crippen molar-refractivity contribution in [2.75, 3.05) is 40.8 Å². The summed E-state index contributed by atoms with van der Waals surface area (Å²) in [6.45, 7) is 9.08. The first-order chi connectivity index (χ1) is 7.94. The van der Waals surface area contributed by atoms with Gasteiger partial charge in [0.05, 0.1) is 0 Å². The van der Waals surface area contributed by atoms with Crippen LogP contribution in [0.15, 0.2) is 0 Å². The van der Waals surface area contributed by atoms with E-state index < -0.39 is 7.59 Å². The molecule has 0 radical (unpaired) electrons. The van der Waals surface area contributed by atoms with E-state index in [2.05, 4.69) is 25.4 Å². The van der Waals surface area contributed by atoms with Crippen LogP contribution in [-0.2, 0) is 4.57 Å². The molecule has 5 heteroatoms. The van der Waals surface area contributed by atoms with Gasteiger partial charge in [-0.25, -0.2) is 14.0 Å². The Morgan fingerprint density at radius 1 is 0.824 bits per heavy atom. The Kier molecular flexibility index (Phi) is 8.31. The van der Waals surface area contributed by atoms with E-state index in [1.54, 1.807) is 0 Å². The summed E-state index contributed by atoms with van der Waals surface area (Å²) in [4.78, 5) is 0. The predicted octanol–water partition coefficient (Wildman–Crippen LogP) is 3.12. The molecule has 0 heterocycles. The van der Waals surface area contributed by atoms with Crippen LogP contribution in [0, 0.1) is 0 Å². The third-order valence-electron chi connectivity index (χ3n) is 2.84. The van der Waals surface area contributed by atoms with Crippen molar-refractivity contribution in [1.82, 2.24) is 14.0 Å². The van der Waals surface area contributed by atoms with Crippen LogP contribution in [0.4, 0.5) is 0 Å². The maximum absolute atomic E-state index is 13.3. The number of hydrogen-bond donors (Lipinski definition) is 0. The van der Waals surface area contributed by atoms with Gasteiger partial charge in [0.15, 0.2) is 0 Å². The van der Waals surface area contributed by atoms with Crippen LogP contribution >= 0.6 is 7.59 Å². The molecule has 0 spiro atoms. The van der Waals surface area contributed by atoms with Crippen LogP contribution in [-0.4, -0.2) is 54.8 Å². The highest BCUT2D eigenvalue weighted by Gasteiger charge is 2.36. The van der Waals surface area contributed by atoms with Crippen molar-refractivity contribution in [2.45, 2.75) is 40.0 Å². The predicted molar refractivity (Wildman–Crippen MR) is 76.4 cm³/mol. The Labute approximate surface area is 107 Å². The first-order valence-electron chi connectivity index (χ1n) is 6.69. The van der Waals surface area contributed by atoms with E-state index in [0.29, 0.717) is 0 Å². The van der Waals surface area contributed by atoms with Gasteiger partial charge >= 0.3 is 0 Å². The van der Waals surface area contributed by atoms with Gasteiger partial charge in [0.1, 0.15) is 0 Å². The Hall–Kier alpha value is 0.110. The van der Waals surface area contributed by atoms with Crippen molar-refractivity contribution < 1.29 is 4.57 Å². The van der Waals surface area contributed by atoms with Gasteiger partial charge in [0.2, 0.25) is 0 Å². The average molecular weight is 263 g/mol. The molecule has 0 fully saturated rings. The number of nitrogens with zero attached hydrogens (tertiary/aromatic N) is 3. The molecular weight excluding hydrogens is 233 g/mol. The molecule has 17 heavy (non-hydrogen) atoms. The summed E-state index contributed by atoms with van der Waals surface area (Å²) in [7, 11) is 3.28. The minimum atomic E-state index is -2.54. The molecule has 0 bridgehead atoms. The van der Waals surface area contributed by atoms with E-state index in [9.17, 15) is 4.57 Å². The topological polar surface area (TPSA) is 26.8 Å². The van der Waals surface area contributed by atoms with Gasteiger partial charge in [-0.15, -0.1) is 0 Å². The standard InChI is InChI=1S/C12H30N3OP/c1-7-10-14(6)17(16,13(4)5)15(11-8-2)12-9-3/h7-12H2,1-6H3. The number of hydrogen-bond acceptors (Lipinski definition) is 1. The van der Waals surface area contributed by atoms with Crippen LogP contribution in [0.5, 0.6) is 0 Å². The molecule has 0 aliphatic rings. The first kappa shape index (κ1) is 17.1. The van der Waals surface area contributed by atoms with Gasteiger partial charge in [-0.1, -0.05) is 20.8 Å². The normalized spacial score (nSPS) is 15.8. The Morgan fingerprint density at radius 2 is 1.24 bits per heavy atom. The summed E-state index contributed by atoms with van der Waals surface area (Å²) in [5, 5.41) is 0. The van der Waals surface area contributed by atoms with Crippen LogP contribution in [0.3, 0.4) is 0 Å². The second-order valence-electron chi connectivity index (χ2n) is 4.70. The van der Waals surface area contributed by atoms with Crippen molar-refractivity contribution in [1.29, 1.82) is 0 Å². The van der Waals surface area contributed by atoms with Gasteiger partial charge < -0.3 is 0 Å². The molecular formula is C12H30N3OP. The minimum absolute atomic E-state index is 0.874. The highest BCUT2D eigenvalue weighted by molar-refractivity contribution is 7.56. The molecule has 0 N–H and O–H groups in total. The molecule has 1 atom stereocenters. The Balaban J connectivity index is 5.05. The summed E-state index contributed by atoms with van der Waals surface area (Å²) in [5.74, 6) is 0. The lowest BCUT2D eigenvalue weighted by atomic mass is 10.4. The third kappa shape index (κ3) is 4.36. The Bertz CT molecular complexity index is 240. The second kappa shape index (κ2) is 8.25. The molecule has 0 aromatic carbocycles. The second-order valence-corrected chi connectivity index (χ2v) is 7.77. The van der Waals surface area contributed by atoms with E-state index in [-0.39, 0.29) is 0 Å². The van der Waals surface area contributed by atoms with Crippen LogP contribution in [0.1, 0.15) is 40.0 Å². The summed E-state index contributed by atoms with van der Waals surface area (Å²) in [6, 6.07) is 0. The van der Waals surface area contributed by atoms with Crippen molar-refractivity contribution in [2.24, 2.45) is 0 Å². The zero-order valence-corrected chi connectivity index (χ0v) is 13.3. The molecule has 0 aliphatic carbocycles. The SMILES string of the molecule is CCCN(C)P(=O)(N(C)C)N(CCC)CCC. The summed E-state index contributed by atoms with van der Waals surface area (Å²) < 4.78 is 19.3. The summed E-state index contributed by atoms with van der Waals surface area (Å²) in [6.07, 6.45) is 3.11. The summed E-state index contributed by atoms with van der Waals surface area (Å²) >= 11 is 0. The highest BCUT2D eigenvalue weighted by atomic mass is 31.2. The van der Waals surface area contributed by atoms with Gasteiger partial charge in [0.25, 0.3) is 7.59 Å². The molecule has 0 aliphatic heterocycles. The maximum Gasteiger partial charge on any atom is 0.286 e. The molecule has 0 saturated carbocycles. The fourth-order valence-corrected chi connectivity index (χ4v) is 5.05. The molecule has 0 saturated heterocycles. The third-order valence-corrected chi connectivity index (χ3v) is 6.11. The van der Waals surface area contributed by atoms with Crippen molar-refractivity contribution in [3.8, 4) is 0 Å². The molecule has 4 nitrogen and oxygen atoms in total. The molecule has 1 unspecified atom stereocenters. The van der Waals surface area contributed by atoms with Crippen molar-refractivity contribution in [3.05, 3.63) is 0 Å². The van der Waals surface area contributed by atoms with E-state index in [1.165, 1.54) is 0 Å².